The Kier molecular flexibility index (Phi) is 30.9. The van der Waals surface area contributed by atoms with E-state index in [0.29, 0.717) is 53.9 Å². The molecule has 0 aromatic heterocycles. The number of unbranched alkanes of at least 4 members (excludes halogenated alkanes) is 27. The lowest BCUT2D eigenvalue weighted by molar-refractivity contribution is 0.0733. The van der Waals surface area contributed by atoms with E-state index in [1.54, 1.807) is 36.4 Å². The Bertz CT molecular complexity index is 1180. The maximum Gasteiger partial charge on any atom is 0.343 e. The van der Waals surface area contributed by atoms with E-state index in [0.717, 1.165) is 44.8 Å². The molecule has 56 heavy (non-hydrogen) atoms. The molecule has 0 aliphatic heterocycles. The molecule has 0 saturated heterocycles. The van der Waals surface area contributed by atoms with Crippen LogP contribution < -0.4 is 18.9 Å². The van der Waals surface area contributed by atoms with Gasteiger partial charge in [-0.2, -0.15) is 0 Å². The van der Waals surface area contributed by atoms with E-state index < -0.39 is 5.97 Å². The van der Waals surface area contributed by atoms with Crippen molar-refractivity contribution in [2.24, 2.45) is 0 Å². The average molecular weight is 779 g/mol. The van der Waals surface area contributed by atoms with Gasteiger partial charge < -0.3 is 18.9 Å². The summed E-state index contributed by atoms with van der Waals surface area (Å²) >= 11 is 0. The first-order valence-corrected chi connectivity index (χ1v) is 23.5. The van der Waals surface area contributed by atoms with Gasteiger partial charge in [0.05, 0.1) is 25.4 Å². The minimum absolute atomic E-state index is 0.354. The molecule has 0 aliphatic rings. The van der Waals surface area contributed by atoms with Crippen LogP contribution >= 0.6 is 0 Å². The zero-order valence-corrected chi connectivity index (χ0v) is 36.3. The molecule has 0 fully saturated rings. The molecule has 0 aliphatic carbocycles. The number of carbonyl (C=O) groups is 2. The Balaban J connectivity index is 2.07. The van der Waals surface area contributed by atoms with Gasteiger partial charge in [0.1, 0.15) is 12.0 Å². The Morgan fingerprint density at radius 2 is 0.768 bits per heavy atom. The van der Waals surface area contributed by atoms with E-state index in [9.17, 15) is 9.59 Å². The van der Waals surface area contributed by atoms with Gasteiger partial charge in [-0.25, -0.2) is 4.79 Å². The van der Waals surface area contributed by atoms with Crippen LogP contribution in [0.15, 0.2) is 36.4 Å². The number of aldehydes is 1. The Hall–Kier alpha value is -3.02. The Morgan fingerprint density at radius 3 is 1.11 bits per heavy atom. The van der Waals surface area contributed by atoms with Crippen molar-refractivity contribution in [2.45, 2.75) is 213 Å². The topological polar surface area (TPSA) is 71.1 Å². The van der Waals surface area contributed by atoms with E-state index in [-0.39, 0.29) is 0 Å². The highest BCUT2D eigenvalue weighted by Gasteiger charge is 2.20. The highest BCUT2D eigenvalue weighted by molar-refractivity contribution is 5.92. The molecule has 0 saturated carbocycles. The monoisotopic (exact) mass is 779 g/mol. The lowest BCUT2D eigenvalue weighted by Crippen LogP contribution is -2.12. The van der Waals surface area contributed by atoms with Crippen LogP contribution in [0.25, 0.3) is 0 Å². The fourth-order valence-electron chi connectivity index (χ4n) is 7.14. The summed E-state index contributed by atoms with van der Waals surface area (Å²) in [6.45, 7) is 8.48. The fraction of sp³-hybridized carbons (Fsp3) is 0.720. The maximum absolute atomic E-state index is 13.5. The molecule has 0 bridgehead atoms. The van der Waals surface area contributed by atoms with Gasteiger partial charge in [0.25, 0.3) is 0 Å². The predicted octanol–water partition coefficient (Wildman–Crippen LogP) is 15.6. The largest absolute Gasteiger partial charge is 0.490 e. The number of benzene rings is 2. The summed E-state index contributed by atoms with van der Waals surface area (Å²) in [4.78, 5) is 24.7. The molecule has 2 aromatic carbocycles. The van der Waals surface area contributed by atoms with Crippen LogP contribution in [0, 0.1) is 0 Å². The van der Waals surface area contributed by atoms with Gasteiger partial charge in [-0.3, -0.25) is 4.79 Å². The minimum atomic E-state index is -0.502. The Morgan fingerprint density at radius 1 is 0.446 bits per heavy atom. The van der Waals surface area contributed by atoms with Crippen molar-refractivity contribution in [2.75, 3.05) is 19.8 Å². The third-order valence-electron chi connectivity index (χ3n) is 10.7. The van der Waals surface area contributed by atoms with Crippen LogP contribution in [0.5, 0.6) is 23.0 Å². The van der Waals surface area contributed by atoms with Gasteiger partial charge in [0.2, 0.25) is 5.75 Å². The van der Waals surface area contributed by atoms with Gasteiger partial charge in [-0.05, 0) is 55.7 Å². The van der Waals surface area contributed by atoms with E-state index in [1.165, 1.54) is 154 Å². The van der Waals surface area contributed by atoms with E-state index in [4.69, 9.17) is 18.9 Å². The number of carbonyl (C=O) groups excluding carboxylic acids is 2. The van der Waals surface area contributed by atoms with Crippen molar-refractivity contribution >= 4 is 12.3 Å². The van der Waals surface area contributed by atoms with Crippen LogP contribution in [0.3, 0.4) is 0 Å². The third-order valence-corrected chi connectivity index (χ3v) is 10.7. The summed E-state index contributed by atoms with van der Waals surface area (Å²) in [5.41, 5.74) is 0.880. The first-order chi connectivity index (χ1) is 27.6. The van der Waals surface area contributed by atoms with Gasteiger partial charge in [-0.15, -0.1) is 0 Å². The molecule has 2 aromatic rings. The smallest absolute Gasteiger partial charge is 0.343 e. The van der Waals surface area contributed by atoms with E-state index >= 15 is 0 Å². The summed E-state index contributed by atoms with van der Waals surface area (Å²) < 4.78 is 25.1. The van der Waals surface area contributed by atoms with Crippen LogP contribution in [-0.4, -0.2) is 32.1 Å². The van der Waals surface area contributed by atoms with E-state index in [1.807, 2.05) is 0 Å². The molecule has 6 heteroatoms. The molecular weight excluding hydrogens is 697 g/mol. The van der Waals surface area contributed by atoms with E-state index in [2.05, 4.69) is 20.8 Å². The molecule has 0 amide bonds. The lowest BCUT2D eigenvalue weighted by Gasteiger charge is -2.19. The molecule has 0 atom stereocenters. The van der Waals surface area contributed by atoms with Crippen molar-refractivity contribution in [3.8, 4) is 23.0 Å². The molecular formula is C50H82O6. The maximum atomic E-state index is 13.5. The zero-order chi connectivity index (χ0) is 40.2. The molecule has 318 valence electrons. The molecule has 0 radical (unpaired) electrons. The van der Waals surface area contributed by atoms with Crippen molar-refractivity contribution in [3.63, 3.8) is 0 Å². The van der Waals surface area contributed by atoms with Gasteiger partial charge in [-0.1, -0.05) is 194 Å². The van der Waals surface area contributed by atoms with Crippen LogP contribution in [0.4, 0.5) is 0 Å². The number of esters is 1. The van der Waals surface area contributed by atoms with Gasteiger partial charge in [0.15, 0.2) is 11.5 Å². The van der Waals surface area contributed by atoms with Crippen LogP contribution in [0.1, 0.15) is 234 Å². The van der Waals surface area contributed by atoms with Crippen LogP contribution in [-0.2, 0) is 0 Å². The summed E-state index contributed by atoms with van der Waals surface area (Å²) in [5, 5.41) is 0. The number of hydrogen-bond acceptors (Lipinski definition) is 6. The lowest BCUT2D eigenvalue weighted by atomic mass is 10.1. The summed E-state index contributed by atoms with van der Waals surface area (Å²) in [7, 11) is 0. The standard InChI is InChI=1S/C50H82O6/c1-4-7-10-13-16-19-22-25-28-31-38-53-47-41-45(50(52)56-46-36-34-44(43-51)35-37-46)42-48(54-39-32-29-26-23-20-17-14-11-8-5-2)49(47)55-40-33-30-27-24-21-18-15-12-9-6-3/h34-37,41-43H,4-33,38-40H2,1-3H3. The molecule has 0 unspecified atom stereocenters. The summed E-state index contributed by atoms with van der Waals surface area (Å²) in [6, 6.07) is 10.1. The van der Waals surface area contributed by atoms with Crippen molar-refractivity contribution in [1.82, 2.24) is 0 Å². The third kappa shape index (κ3) is 24.6. The normalized spacial score (nSPS) is 11.1. The van der Waals surface area contributed by atoms with Crippen LogP contribution in [0.2, 0.25) is 0 Å². The Labute approximate surface area is 343 Å². The van der Waals surface area contributed by atoms with Gasteiger partial charge in [0, 0.05) is 5.56 Å². The SMILES string of the molecule is CCCCCCCCCCCCOc1cc(C(=O)Oc2ccc(C=O)cc2)cc(OCCCCCCCCCCCC)c1OCCCCCCCCCCCC. The molecule has 0 spiro atoms. The minimum Gasteiger partial charge on any atom is -0.490 e. The molecule has 2 rings (SSSR count). The average Bonchev–Trinajstić information content (AvgIpc) is 3.21. The highest BCUT2D eigenvalue weighted by Crippen LogP contribution is 2.40. The second kappa shape index (κ2) is 35.2. The molecule has 0 heterocycles. The second-order valence-electron chi connectivity index (χ2n) is 16.0. The molecule has 0 N–H and O–H groups in total. The summed E-state index contributed by atoms with van der Waals surface area (Å²) in [5.74, 6) is 1.54. The number of rotatable bonds is 39. The second-order valence-corrected chi connectivity index (χ2v) is 16.0. The van der Waals surface area contributed by atoms with Crippen molar-refractivity contribution < 1.29 is 28.5 Å². The van der Waals surface area contributed by atoms with Crippen molar-refractivity contribution in [3.05, 3.63) is 47.5 Å². The predicted molar refractivity (Wildman–Crippen MR) is 235 cm³/mol. The molecule has 6 nitrogen and oxygen atoms in total. The van der Waals surface area contributed by atoms with Crippen molar-refractivity contribution in [1.29, 1.82) is 0 Å². The quantitative estimate of drug-likeness (QED) is 0.0291. The first kappa shape index (κ1) is 49.1. The first-order valence-electron chi connectivity index (χ1n) is 23.5. The fourth-order valence-corrected chi connectivity index (χ4v) is 7.14. The highest BCUT2D eigenvalue weighted by atomic mass is 16.5. The summed E-state index contributed by atoms with van der Waals surface area (Å²) in [6.07, 6.45) is 38.5. The van der Waals surface area contributed by atoms with Gasteiger partial charge >= 0.3 is 5.97 Å². The number of ether oxygens (including phenoxy) is 4. The zero-order valence-electron chi connectivity index (χ0n) is 36.3. The number of hydrogen-bond donors (Lipinski definition) is 0.